The first-order valence-electron chi connectivity index (χ1n) is 7.12. The first-order chi connectivity index (χ1) is 11.3. The average Bonchev–Trinajstić information content (AvgIpc) is 3.27. The normalized spacial score (nSPS) is 15.1. The van der Waals surface area contributed by atoms with E-state index in [1.807, 2.05) is 35.7 Å². The number of nitrogens with zero attached hydrogens (tertiary/aromatic N) is 1. The van der Waals surface area contributed by atoms with Gasteiger partial charge in [-0.25, -0.2) is 5.43 Å². The zero-order valence-corrected chi connectivity index (χ0v) is 13.9. The summed E-state index contributed by atoms with van der Waals surface area (Å²) in [6.07, 6.45) is 2.97. The number of benzene rings is 1. The number of hydrogen-bond donors (Lipinski definition) is 1. The predicted octanol–water partition coefficient (Wildman–Crippen LogP) is 3.29. The van der Waals surface area contributed by atoms with Crippen LogP contribution in [-0.2, 0) is 4.79 Å². The third-order valence-electron chi connectivity index (χ3n) is 3.07. The van der Waals surface area contributed by atoms with Gasteiger partial charge >= 0.3 is 0 Å². The van der Waals surface area contributed by atoms with Gasteiger partial charge in [-0.2, -0.15) is 5.10 Å². The van der Waals surface area contributed by atoms with Gasteiger partial charge in [0.1, 0.15) is 11.5 Å². The lowest BCUT2D eigenvalue weighted by molar-refractivity contribution is -0.123. The molecule has 1 saturated heterocycles. The number of hydrazone groups is 1. The second-order valence-corrected chi connectivity index (χ2v) is 7.46. The Bertz CT molecular complexity index is 650. The molecule has 1 amide bonds. The minimum Gasteiger partial charge on any atom is -0.484 e. The summed E-state index contributed by atoms with van der Waals surface area (Å²) in [5.41, 5.74) is 3.68. The number of rotatable bonds is 6. The molecule has 1 N–H and O–H groups in total. The number of amides is 1. The van der Waals surface area contributed by atoms with E-state index in [0.29, 0.717) is 16.1 Å². The highest BCUT2D eigenvalue weighted by Crippen LogP contribution is 2.45. The summed E-state index contributed by atoms with van der Waals surface area (Å²) in [6.45, 7) is -0.0816. The van der Waals surface area contributed by atoms with Crippen molar-refractivity contribution in [1.29, 1.82) is 0 Å². The van der Waals surface area contributed by atoms with E-state index >= 15 is 0 Å². The van der Waals surface area contributed by atoms with Crippen molar-refractivity contribution in [3.05, 3.63) is 54.0 Å². The molecule has 1 aromatic heterocycles. The van der Waals surface area contributed by atoms with E-state index in [9.17, 15) is 4.79 Å². The molecular formula is C16H16N2O3S2. The van der Waals surface area contributed by atoms with Crippen molar-refractivity contribution in [3.8, 4) is 5.75 Å². The smallest absolute Gasteiger partial charge is 0.277 e. The first kappa shape index (κ1) is 16.0. The summed E-state index contributed by atoms with van der Waals surface area (Å²) >= 11 is 3.92. The third kappa shape index (κ3) is 4.80. The lowest BCUT2D eigenvalue weighted by Gasteiger charge is -2.09. The molecule has 1 aliphatic heterocycles. The molecule has 7 heteroatoms. The predicted molar refractivity (Wildman–Crippen MR) is 94.0 cm³/mol. The first-order valence-corrected chi connectivity index (χ1v) is 9.22. The Morgan fingerprint density at radius 1 is 1.30 bits per heavy atom. The van der Waals surface area contributed by atoms with Gasteiger partial charge in [0.05, 0.1) is 17.1 Å². The molecule has 2 heterocycles. The molecule has 0 atom stereocenters. The number of furan rings is 1. The second-order valence-electron chi connectivity index (χ2n) is 4.74. The van der Waals surface area contributed by atoms with Crippen LogP contribution < -0.4 is 10.2 Å². The molecule has 5 nitrogen and oxygen atoms in total. The maximum atomic E-state index is 11.6. The molecule has 0 spiro atoms. The highest BCUT2D eigenvalue weighted by Gasteiger charge is 2.17. The van der Waals surface area contributed by atoms with Gasteiger partial charge in [0.2, 0.25) is 0 Å². The van der Waals surface area contributed by atoms with E-state index < -0.39 is 0 Å². The lowest BCUT2D eigenvalue weighted by atomic mass is 10.2. The molecular weight excluding hydrogens is 332 g/mol. The molecule has 1 aliphatic rings. The Morgan fingerprint density at radius 3 is 2.78 bits per heavy atom. The van der Waals surface area contributed by atoms with Crippen LogP contribution in [0.3, 0.4) is 0 Å². The lowest BCUT2D eigenvalue weighted by Crippen LogP contribution is -2.24. The monoisotopic (exact) mass is 348 g/mol. The number of ether oxygens (including phenoxy) is 1. The van der Waals surface area contributed by atoms with Gasteiger partial charge in [-0.15, -0.1) is 23.5 Å². The number of thioether (sulfide) groups is 2. The highest BCUT2D eigenvalue weighted by atomic mass is 32.2. The van der Waals surface area contributed by atoms with Crippen LogP contribution in [0.5, 0.6) is 5.75 Å². The molecule has 0 bridgehead atoms. The largest absolute Gasteiger partial charge is 0.484 e. The van der Waals surface area contributed by atoms with Gasteiger partial charge in [0.25, 0.3) is 5.91 Å². The summed E-state index contributed by atoms with van der Waals surface area (Å²) < 4.78 is 11.0. The Labute approximate surface area is 142 Å². The minimum absolute atomic E-state index is 0.0816. The van der Waals surface area contributed by atoms with E-state index in [-0.39, 0.29) is 12.5 Å². The van der Waals surface area contributed by atoms with E-state index in [4.69, 9.17) is 9.15 Å². The Kier molecular flexibility index (Phi) is 5.65. The number of hydrogen-bond acceptors (Lipinski definition) is 6. The SMILES string of the molecule is O=C(COc1ccc(C2SCCS2)cc1)N/N=C\c1ccco1. The van der Waals surface area contributed by atoms with Crippen molar-refractivity contribution in [2.45, 2.75) is 4.58 Å². The van der Waals surface area contributed by atoms with E-state index in [1.165, 1.54) is 23.3 Å². The van der Waals surface area contributed by atoms with Gasteiger partial charge in [-0.05, 0) is 29.8 Å². The van der Waals surface area contributed by atoms with Crippen LogP contribution in [-0.4, -0.2) is 30.2 Å². The maximum absolute atomic E-state index is 11.6. The molecule has 3 rings (SSSR count). The van der Waals surface area contributed by atoms with Crippen LogP contribution in [0.25, 0.3) is 0 Å². The van der Waals surface area contributed by atoms with Crippen molar-refractivity contribution < 1.29 is 13.9 Å². The van der Waals surface area contributed by atoms with E-state index in [0.717, 1.165) is 0 Å². The van der Waals surface area contributed by atoms with Gasteiger partial charge in [-0.1, -0.05) is 12.1 Å². The highest BCUT2D eigenvalue weighted by molar-refractivity contribution is 8.19. The van der Waals surface area contributed by atoms with Crippen LogP contribution >= 0.6 is 23.5 Å². The molecule has 2 aromatic rings. The van der Waals surface area contributed by atoms with Crippen LogP contribution in [0.4, 0.5) is 0 Å². The van der Waals surface area contributed by atoms with E-state index in [1.54, 1.807) is 18.4 Å². The van der Waals surface area contributed by atoms with Crippen molar-refractivity contribution in [1.82, 2.24) is 5.43 Å². The minimum atomic E-state index is -0.321. The summed E-state index contributed by atoms with van der Waals surface area (Å²) in [4.78, 5) is 11.6. The van der Waals surface area contributed by atoms with Crippen molar-refractivity contribution in [2.24, 2.45) is 5.10 Å². The summed E-state index contributed by atoms with van der Waals surface area (Å²) in [5.74, 6) is 3.33. The number of carbonyl (C=O) groups excluding carboxylic acids is 1. The van der Waals surface area contributed by atoms with Crippen LogP contribution in [0, 0.1) is 0 Å². The molecule has 1 fully saturated rings. The maximum Gasteiger partial charge on any atom is 0.277 e. The standard InChI is InChI=1S/C16H16N2O3S2/c19-15(18-17-10-14-2-1-7-20-14)11-21-13-5-3-12(4-6-13)16-22-8-9-23-16/h1-7,10,16H,8-9,11H2,(H,18,19)/b17-10-. The second kappa shape index (κ2) is 8.12. The zero-order valence-electron chi connectivity index (χ0n) is 12.3. The Morgan fingerprint density at radius 2 is 2.09 bits per heavy atom. The number of nitrogens with one attached hydrogen (secondary N) is 1. The van der Waals surface area contributed by atoms with Crippen LogP contribution in [0.15, 0.2) is 52.2 Å². The van der Waals surface area contributed by atoms with Crippen molar-refractivity contribution in [2.75, 3.05) is 18.1 Å². The van der Waals surface area contributed by atoms with E-state index in [2.05, 4.69) is 22.7 Å². The zero-order chi connectivity index (χ0) is 15.9. The van der Waals surface area contributed by atoms with Gasteiger partial charge < -0.3 is 9.15 Å². The fourth-order valence-corrected chi connectivity index (χ4v) is 4.85. The molecule has 23 heavy (non-hydrogen) atoms. The molecule has 0 unspecified atom stereocenters. The molecule has 120 valence electrons. The fraction of sp³-hybridized carbons (Fsp3) is 0.250. The number of carbonyl (C=O) groups is 1. The van der Waals surface area contributed by atoms with Crippen molar-refractivity contribution >= 4 is 35.6 Å². The fourth-order valence-electron chi connectivity index (χ4n) is 1.99. The van der Waals surface area contributed by atoms with Gasteiger partial charge in [0, 0.05) is 11.5 Å². The summed E-state index contributed by atoms with van der Waals surface area (Å²) in [7, 11) is 0. The molecule has 0 aliphatic carbocycles. The third-order valence-corrected chi connectivity index (χ3v) is 6.17. The summed E-state index contributed by atoms with van der Waals surface area (Å²) in [5, 5.41) is 3.79. The molecule has 1 aromatic carbocycles. The van der Waals surface area contributed by atoms with Gasteiger partial charge in [-0.3, -0.25) is 4.79 Å². The Hall–Kier alpha value is -1.86. The molecule has 0 radical (unpaired) electrons. The van der Waals surface area contributed by atoms with Gasteiger partial charge in [0.15, 0.2) is 6.61 Å². The quantitative estimate of drug-likeness (QED) is 0.641. The molecule has 0 saturated carbocycles. The van der Waals surface area contributed by atoms with Crippen molar-refractivity contribution in [3.63, 3.8) is 0 Å². The Balaban J connectivity index is 1.43. The average molecular weight is 348 g/mol. The van der Waals surface area contributed by atoms with Crippen LogP contribution in [0.1, 0.15) is 15.9 Å². The summed E-state index contributed by atoms with van der Waals surface area (Å²) in [6, 6.07) is 11.4. The van der Waals surface area contributed by atoms with Crippen LogP contribution in [0.2, 0.25) is 0 Å². The topological polar surface area (TPSA) is 63.8 Å².